The number of rotatable bonds is 5. The fraction of sp³-hybridized carbons (Fsp3) is 0.214. The Morgan fingerprint density at radius 3 is 2.32 bits per heavy atom. The van der Waals surface area contributed by atoms with E-state index in [0.717, 1.165) is 29.9 Å². The van der Waals surface area contributed by atoms with Crippen LogP contribution in [-0.2, 0) is 6.18 Å². The third-order valence-electron chi connectivity index (χ3n) is 6.33. The molecule has 1 N–H and O–H groups in total. The first kappa shape index (κ1) is 25.1. The summed E-state index contributed by atoms with van der Waals surface area (Å²) < 4.78 is 52.2. The number of benzene rings is 3. The molecule has 0 aliphatic carbocycles. The van der Waals surface area contributed by atoms with Gasteiger partial charge in [-0.05, 0) is 79.6 Å². The first-order valence-electron chi connectivity index (χ1n) is 11.8. The van der Waals surface area contributed by atoms with Crippen LogP contribution in [0.4, 0.5) is 28.9 Å². The van der Waals surface area contributed by atoms with E-state index in [1.54, 1.807) is 54.2 Å². The second-order valence-electron chi connectivity index (χ2n) is 8.85. The molecule has 190 valence electrons. The van der Waals surface area contributed by atoms with E-state index in [4.69, 9.17) is 0 Å². The smallest absolute Gasteiger partial charge is 0.355 e. The molecule has 1 aromatic heterocycles. The predicted molar refractivity (Wildman–Crippen MR) is 138 cm³/mol. The number of carbonyl (C=O) groups excluding carboxylic acids is 1. The minimum atomic E-state index is -4.43. The summed E-state index contributed by atoms with van der Waals surface area (Å²) in [6.07, 6.45) is -1.25. The molecule has 0 atom stereocenters. The molecule has 4 nitrogen and oxygen atoms in total. The van der Waals surface area contributed by atoms with Crippen molar-refractivity contribution in [2.24, 2.45) is 0 Å². The maximum absolute atomic E-state index is 13.1. The van der Waals surface area contributed by atoms with Gasteiger partial charge in [-0.25, -0.2) is 4.39 Å². The molecular weight excluding hydrogens is 502 g/mol. The molecule has 5 rings (SSSR count). The molecular formula is C28H23F4N3OS. The first-order valence-corrected chi connectivity index (χ1v) is 12.7. The number of hydrogen-bond donors (Lipinski definition) is 1. The van der Waals surface area contributed by atoms with Crippen molar-refractivity contribution in [3.05, 3.63) is 95.9 Å². The van der Waals surface area contributed by atoms with Gasteiger partial charge in [0, 0.05) is 51.8 Å². The van der Waals surface area contributed by atoms with Gasteiger partial charge in [0.25, 0.3) is 5.91 Å². The summed E-state index contributed by atoms with van der Waals surface area (Å²) in [7, 11) is 0. The number of fused-ring (bicyclic) bond motifs is 1. The van der Waals surface area contributed by atoms with Gasteiger partial charge in [-0.1, -0.05) is 6.07 Å². The number of nitrogens with zero attached hydrogens (tertiary/aromatic N) is 2. The van der Waals surface area contributed by atoms with Crippen LogP contribution < -0.4 is 5.32 Å². The van der Waals surface area contributed by atoms with E-state index < -0.39 is 11.7 Å². The Kier molecular flexibility index (Phi) is 7.06. The van der Waals surface area contributed by atoms with Crippen molar-refractivity contribution >= 4 is 39.9 Å². The van der Waals surface area contributed by atoms with Crippen molar-refractivity contribution in [2.45, 2.75) is 29.2 Å². The first-order chi connectivity index (χ1) is 17.8. The molecule has 9 heteroatoms. The molecule has 0 saturated carbocycles. The monoisotopic (exact) mass is 525 g/mol. The van der Waals surface area contributed by atoms with E-state index >= 15 is 0 Å². The maximum Gasteiger partial charge on any atom is 0.416 e. The molecule has 0 radical (unpaired) electrons. The molecule has 1 aliphatic heterocycles. The van der Waals surface area contributed by atoms with E-state index in [1.807, 2.05) is 4.90 Å². The largest absolute Gasteiger partial charge is 0.416 e. The number of alkyl halides is 3. The van der Waals surface area contributed by atoms with Crippen LogP contribution in [0.3, 0.4) is 0 Å². The van der Waals surface area contributed by atoms with Crippen LogP contribution in [0, 0.1) is 5.82 Å². The van der Waals surface area contributed by atoms with Crippen LogP contribution in [0.25, 0.3) is 10.9 Å². The lowest BCUT2D eigenvalue weighted by molar-refractivity contribution is -0.137. The van der Waals surface area contributed by atoms with E-state index in [-0.39, 0.29) is 17.2 Å². The van der Waals surface area contributed by atoms with Crippen molar-refractivity contribution in [3.63, 3.8) is 0 Å². The standard InChI is InChI=1S/C28H23F4N3OS/c29-20-4-8-22(9-5-20)37-23-12-15-35(16-13-23)27(36)18-1-6-21(7-2-18)34-25-11-14-33-26-17-19(28(30,31)32)3-10-24(25)26/h1-11,14,17,23H,12-13,15-16H2,(H,33,34). The number of nitrogens with one attached hydrogen (secondary N) is 1. The third kappa shape index (κ3) is 5.88. The Balaban J connectivity index is 1.21. The molecule has 0 bridgehead atoms. The molecule has 3 aromatic carbocycles. The second-order valence-corrected chi connectivity index (χ2v) is 10.2. The van der Waals surface area contributed by atoms with Gasteiger partial charge >= 0.3 is 6.18 Å². The highest BCUT2D eigenvalue weighted by atomic mass is 32.2. The minimum absolute atomic E-state index is 0.0363. The zero-order chi connectivity index (χ0) is 26.0. The number of aromatic nitrogens is 1. The number of piperidine rings is 1. The second kappa shape index (κ2) is 10.4. The number of thioether (sulfide) groups is 1. The van der Waals surface area contributed by atoms with Gasteiger partial charge in [-0.2, -0.15) is 13.2 Å². The van der Waals surface area contributed by atoms with Gasteiger partial charge in [-0.3, -0.25) is 9.78 Å². The Morgan fingerprint density at radius 2 is 1.65 bits per heavy atom. The Labute approximate surface area is 215 Å². The Morgan fingerprint density at radius 1 is 0.946 bits per heavy atom. The summed E-state index contributed by atoms with van der Waals surface area (Å²) in [5, 5.41) is 4.16. The molecule has 1 saturated heterocycles. The topological polar surface area (TPSA) is 45.2 Å². The van der Waals surface area contributed by atoms with Crippen molar-refractivity contribution in [1.82, 2.24) is 9.88 Å². The van der Waals surface area contributed by atoms with Gasteiger partial charge < -0.3 is 10.2 Å². The molecule has 2 heterocycles. The summed E-state index contributed by atoms with van der Waals surface area (Å²) in [4.78, 5) is 20.0. The average Bonchev–Trinajstić information content (AvgIpc) is 2.90. The third-order valence-corrected chi connectivity index (χ3v) is 7.68. The van der Waals surface area contributed by atoms with E-state index in [2.05, 4.69) is 10.3 Å². The lowest BCUT2D eigenvalue weighted by atomic mass is 10.1. The zero-order valence-electron chi connectivity index (χ0n) is 19.6. The molecule has 1 fully saturated rings. The predicted octanol–water partition coefficient (Wildman–Crippen LogP) is 7.53. The van der Waals surface area contributed by atoms with E-state index in [9.17, 15) is 22.4 Å². The molecule has 0 spiro atoms. The Bertz CT molecular complexity index is 1400. The van der Waals surface area contributed by atoms with E-state index in [1.165, 1.54) is 24.4 Å². The summed E-state index contributed by atoms with van der Waals surface area (Å²) in [6.45, 7) is 1.31. The highest BCUT2D eigenvalue weighted by Crippen LogP contribution is 2.34. The number of anilines is 2. The van der Waals surface area contributed by atoms with Crippen molar-refractivity contribution in [1.29, 1.82) is 0 Å². The number of amides is 1. The maximum atomic E-state index is 13.1. The normalized spacial score (nSPS) is 14.6. The molecule has 37 heavy (non-hydrogen) atoms. The average molecular weight is 526 g/mol. The van der Waals surface area contributed by atoms with Crippen molar-refractivity contribution in [2.75, 3.05) is 18.4 Å². The molecule has 0 unspecified atom stereocenters. The van der Waals surface area contributed by atoms with Crippen molar-refractivity contribution < 1.29 is 22.4 Å². The summed E-state index contributed by atoms with van der Waals surface area (Å²) in [5.41, 5.74) is 1.40. The SMILES string of the molecule is O=C(c1ccc(Nc2ccnc3cc(C(F)(F)F)ccc23)cc1)N1CCC(Sc2ccc(F)cc2)CC1. The van der Waals surface area contributed by atoms with Gasteiger partial charge in [-0.15, -0.1) is 11.8 Å². The summed E-state index contributed by atoms with van der Waals surface area (Å²) >= 11 is 1.72. The van der Waals surface area contributed by atoms with Gasteiger partial charge in [0.15, 0.2) is 0 Å². The van der Waals surface area contributed by atoms with Crippen LogP contribution in [-0.4, -0.2) is 34.1 Å². The van der Waals surface area contributed by atoms with Crippen LogP contribution >= 0.6 is 11.8 Å². The number of carbonyl (C=O) groups is 1. The highest BCUT2D eigenvalue weighted by molar-refractivity contribution is 8.00. The lowest BCUT2D eigenvalue weighted by Crippen LogP contribution is -2.39. The molecule has 1 amide bonds. The summed E-state index contributed by atoms with van der Waals surface area (Å²) in [6, 6.07) is 18.7. The fourth-order valence-corrected chi connectivity index (χ4v) is 5.47. The lowest BCUT2D eigenvalue weighted by Gasteiger charge is -2.31. The van der Waals surface area contributed by atoms with E-state index in [0.29, 0.717) is 40.7 Å². The zero-order valence-corrected chi connectivity index (χ0v) is 20.5. The number of pyridine rings is 1. The van der Waals surface area contributed by atoms with Gasteiger partial charge in [0.1, 0.15) is 5.82 Å². The van der Waals surface area contributed by atoms with Gasteiger partial charge in [0.2, 0.25) is 0 Å². The van der Waals surface area contributed by atoms with Crippen LogP contribution in [0.1, 0.15) is 28.8 Å². The summed E-state index contributed by atoms with van der Waals surface area (Å²) in [5.74, 6) is -0.287. The number of likely N-dealkylation sites (tertiary alicyclic amines) is 1. The van der Waals surface area contributed by atoms with Crippen LogP contribution in [0.5, 0.6) is 0 Å². The van der Waals surface area contributed by atoms with Crippen LogP contribution in [0.2, 0.25) is 0 Å². The van der Waals surface area contributed by atoms with Crippen molar-refractivity contribution in [3.8, 4) is 0 Å². The number of hydrogen-bond acceptors (Lipinski definition) is 4. The highest BCUT2D eigenvalue weighted by Gasteiger charge is 2.30. The van der Waals surface area contributed by atoms with Gasteiger partial charge in [0.05, 0.1) is 11.1 Å². The molecule has 4 aromatic rings. The quantitative estimate of drug-likeness (QED) is 0.274. The molecule has 1 aliphatic rings. The Hall–Kier alpha value is -3.59. The van der Waals surface area contributed by atoms with Crippen LogP contribution in [0.15, 0.2) is 83.9 Å². The number of halogens is 4. The minimum Gasteiger partial charge on any atom is -0.355 e. The fourth-order valence-electron chi connectivity index (χ4n) is 4.35.